The van der Waals surface area contributed by atoms with Crippen LogP contribution >= 0.6 is 0 Å². The standard InChI is InChI=1S/C21H25NO3/c1-15(11-16-7-5-4-6-8-16)21-18-13-20(25-3)19(24-2)12-17(18)9-10-22(21)14-23/h4-8,12-15,21H,9-11H2,1-3H3. The molecule has 0 aliphatic carbocycles. The number of nitrogens with zero attached hydrogens (tertiary/aromatic N) is 1. The number of rotatable bonds is 6. The van der Waals surface area contributed by atoms with Gasteiger partial charge in [0.25, 0.3) is 0 Å². The Morgan fingerprint density at radius 3 is 2.48 bits per heavy atom. The van der Waals surface area contributed by atoms with Crippen molar-refractivity contribution in [3.8, 4) is 11.5 Å². The molecule has 132 valence electrons. The predicted octanol–water partition coefficient (Wildman–Crippen LogP) is 3.64. The van der Waals surface area contributed by atoms with Gasteiger partial charge in [0, 0.05) is 6.54 Å². The van der Waals surface area contributed by atoms with E-state index in [4.69, 9.17) is 9.47 Å². The summed E-state index contributed by atoms with van der Waals surface area (Å²) < 4.78 is 10.9. The second kappa shape index (κ2) is 7.60. The second-order valence-electron chi connectivity index (χ2n) is 6.61. The van der Waals surface area contributed by atoms with Crippen LogP contribution in [0.15, 0.2) is 42.5 Å². The highest BCUT2D eigenvalue weighted by atomic mass is 16.5. The van der Waals surface area contributed by atoms with Gasteiger partial charge in [-0.15, -0.1) is 0 Å². The van der Waals surface area contributed by atoms with Gasteiger partial charge in [-0.2, -0.15) is 0 Å². The van der Waals surface area contributed by atoms with Crippen LogP contribution in [0.1, 0.15) is 29.7 Å². The Kier molecular flexibility index (Phi) is 5.27. The molecule has 1 aliphatic rings. The van der Waals surface area contributed by atoms with Crippen LogP contribution in [-0.2, 0) is 17.6 Å². The average Bonchev–Trinajstić information content (AvgIpc) is 2.66. The molecule has 4 nitrogen and oxygen atoms in total. The lowest BCUT2D eigenvalue weighted by Crippen LogP contribution is -2.38. The molecule has 4 heteroatoms. The molecule has 0 spiro atoms. The number of methoxy groups -OCH3 is 2. The minimum absolute atomic E-state index is 0.0428. The summed E-state index contributed by atoms with van der Waals surface area (Å²) in [5.74, 6) is 1.76. The van der Waals surface area contributed by atoms with Gasteiger partial charge in [0.15, 0.2) is 11.5 Å². The normalized spacial score (nSPS) is 17.6. The monoisotopic (exact) mass is 339 g/mol. The van der Waals surface area contributed by atoms with Crippen molar-refractivity contribution in [1.29, 1.82) is 0 Å². The van der Waals surface area contributed by atoms with E-state index in [9.17, 15) is 4.79 Å². The van der Waals surface area contributed by atoms with Crippen LogP contribution < -0.4 is 9.47 Å². The van der Waals surface area contributed by atoms with Crippen molar-refractivity contribution in [3.05, 3.63) is 59.2 Å². The van der Waals surface area contributed by atoms with E-state index in [1.807, 2.05) is 17.0 Å². The number of hydrogen-bond acceptors (Lipinski definition) is 3. The zero-order valence-corrected chi connectivity index (χ0v) is 15.1. The maximum Gasteiger partial charge on any atom is 0.210 e. The molecule has 0 fully saturated rings. The summed E-state index contributed by atoms with van der Waals surface area (Å²) in [6.45, 7) is 2.94. The molecule has 25 heavy (non-hydrogen) atoms. The second-order valence-corrected chi connectivity index (χ2v) is 6.61. The molecule has 0 saturated heterocycles. The summed E-state index contributed by atoms with van der Waals surface area (Å²) in [7, 11) is 3.30. The van der Waals surface area contributed by atoms with Crippen LogP contribution in [0.5, 0.6) is 11.5 Å². The first kappa shape index (κ1) is 17.3. The Hall–Kier alpha value is -2.49. The molecule has 3 rings (SSSR count). The van der Waals surface area contributed by atoms with Crippen molar-refractivity contribution in [2.75, 3.05) is 20.8 Å². The van der Waals surface area contributed by atoms with Crippen LogP contribution in [0, 0.1) is 5.92 Å². The molecule has 2 aromatic carbocycles. The quantitative estimate of drug-likeness (QED) is 0.754. The molecular weight excluding hydrogens is 314 g/mol. The van der Waals surface area contributed by atoms with Crippen LogP contribution in [-0.4, -0.2) is 32.1 Å². The number of carbonyl (C=O) groups is 1. The summed E-state index contributed by atoms with van der Waals surface area (Å²) in [4.78, 5) is 13.6. The number of fused-ring (bicyclic) bond motifs is 1. The summed E-state index contributed by atoms with van der Waals surface area (Å²) >= 11 is 0. The van der Waals surface area contributed by atoms with Crippen molar-refractivity contribution >= 4 is 6.41 Å². The molecular formula is C21H25NO3. The average molecular weight is 339 g/mol. The SMILES string of the molecule is COc1cc2c(cc1OC)C(C(C)Cc1ccccc1)N(C=O)CC2. The molecule has 0 N–H and O–H groups in total. The van der Waals surface area contributed by atoms with Crippen molar-refractivity contribution in [1.82, 2.24) is 4.90 Å². The third kappa shape index (κ3) is 3.48. The van der Waals surface area contributed by atoms with Crippen molar-refractivity contribution in [3.63, 3.8) is 0 Å². The van der Waals surface area contributed by atoms with Gasteiger partial charge < -0.3 is 14.4 Å². The zero-order valence-electron chi connectivity index (χ0n) is 15.1. The van der Waals surface area contributed by atoms with Gasteiger partial charge in [-0.25, -0.2) is 0 Å². The Bertz CT molecular complexity index is 729. The van der Waals surface area contributed by atoms with Crippen LogP contribution in [0.3, 0.4) is 0 Å². The highest BCUT2D eigenvalue weighted by Crippen LogP contribution is 2.41. The minimum Gasteiger partial charge on any atom is -0.493 e. The molecule has 0 saturated carbocycles. The van der Waals surface area contributed by atoms with Gasteiger partial charge in [0.2, 0.25) is 6.41 Å². The number of benzene rings is 2. The minimum atomic E-state index is 0.0428. The lowest BCUT2D eigenvalue weighted by Gasteiger charge is -2.39. The number of hydrogen-bond donors (Lipinski definition) is 0. The maximum absolute atomic E-state index is 11.7. The first-order chi connectivity index (χ1) is 12.2. The van der Waals surface area contributed by atoms with E-state index < -0.39 is 0 Å². The van der Waals surface area contributed by atoms with E-state index in [1.54, 1.807) is 14.2 Å². The Morgan fingerprint density at radius 1 is 1.16 bits per heavy atom. The molecule has 1 heterocycles. The van der Waals surface area contributed by atoms with Crippen molar-refractivity contribution in [2.24, 2.45) is 5.92 Å². The summed E-state index contributed by atoms with van der Waals surface area (Å²) in [5, 5.41) is 0. The predicted molar refractivity (Wildman–Crippen MR) is 98.1 cm³/mol. The Balaban J connectivity index is 1.98. The summed E-state index contributed by atoms with van der Waals surface area (Å²) in [6, 6.07) is 14.6. The first-order valence-electron chi connectivity index (χ1n) is 8.67. The van der Waals surface area contributed by atoms with Crippen molar-refractivity contribution in [2.45, 2.75) is 25.8 Å². The fourth-order valence-corrected chi connectivity index (χ4v) is 3.85. The van der Waals surface area contributed by atoms with Crippen LogP contribution in [0.4, 0.5) is 0 Å². The van der Waals surface area contributed by atoms with E-state index in [-0.39, 0.29) is 6.04 Å². The fraction of sp³-hybridized carbons (Fsp3) is 0.381. The van der Waals surface area contributed by atoms with E-state index in [2.05, 4.69) is 37.3 Å². The van der Waals surface area contributed by atoms with Gasteiger partial charge >= 0.3 is 0 Å². The number of carbonyl (C=O) groups excluding carboxylic acids is 1. The Labute approximate surface area is 149 Å². The van der Waals surface area contributed by atoms with Gasteiger partial charge in [-0.05, 0) is 47.6 Å². The van der Waals surface area contributed by atoms with E-state index in [0.29, 0.717) is 11.7 Å². The third-order valence-corrected chi connectivity index (χ3v) is 5.04. The molecule has 2 atom stereocenters. The molecule has 2 unspecified atom stereocenters. The molecule has 0 bridgehead atoms. The summed E-state index contributed by atoms with van der Waals surface area (Å²) in [5.41, 5.74) is 3.69. The van der Waals surface area contributed by atoms with Gasteiger partial charge in [-0.3, -0.25) is 4.79 Å². The van der Waals surface area contributed by atoms with E-state index in [0.717, 1.165) is 31.5 Å². The molecule has 1 aliphatic heterocycles. The highest BCUT2D eigenvalue weighted by molar-refractivity contribution is 5.55. The van der Waals surface area contributed by atoms with Gasteiger partial charge in [0.05, 0.1) is 20.3 Å². The number of amides is 1. The maximum atomic E-state index is 11.7. The van der Waals surface area contributed by atoms with Gasteiger partial charge in [-0.1, -0.05) is 37.3 Å². The van der Waals surface area contributed by atoms with Crippen LogP contribution in [0.2, 0.25) is 0 Å². The molecule has 0 radical (unpaired) electrons. The van der Waals surface area contributed by atoms with Gasteiger partial charge in [0.1, 0.15) is 0 Å². The topological polar surface area (TPSA) is 38.8 Å². The first-order valence-corrected chi connectivity index (χ1v) is 8.67. The molecule has 1 amide bonds. The van der Waals surface area contributed by atoms with E-state index >= 15 is 0 Å². The molecule has 0 aromatic heterocycles. The van der Waals surface area contributed by atoms with Crippen molar-refractivity contribution < 1.29 is 14.3 Å². The summed E-state index contributed by atoms with van der Waals surface area (Å²) in [6.07, 6.45) is 2.73. The number of ether oxygens (including phenoxy) is 2. The highest BCUT2D eigenvalue weighted by Gasteiger charge is 2.32. The van der Waals surface area contributed by atoms with Crippen LogP contribution in [0.25, 0.3) is 0 Å². The van der Waals surface area contributed by atoms with E-state index in [1.165, 1.54) is 16.7 Å². The molecule has 2 aromatic rings. The Morgan fingerprint density at radius 2 is 1.84 bits per heavy atom. The fourth-order valence-electron chi connectivity index (χ4n) is 3.85. The third-order valence-electron chi connectivity index (χ3n) is 5.04. The zero-order chi connectivity index (χ0) is 17.8. The lowest BCUT2D eigenvalue weighted by molar-refractivity contribution is -0.121. The largest absolute Gasteiger partial charge is 0.493 e. The lowest BCUT2D eigenvalue weighted by atomic mass is 9.82. The smallest absolute Gasteiger partial charge is 0.210 e.